The molecule has 23 heavy (non-hydrogen) atoms. The van der Waals surface area contributed by atoms with Gasteiger partial charge in [0.2, 0.25) is 0 Å². The number of furan rings is 1. The van der Waals surface area contributed by atoms with E-state index in [2.05, 4.69) is 10.3 Å². The van der Waals surface area contributed by atoms with Crippen molar-refractivity contribution in [2.24, 2.45) is 0 Å². The molecule has 0 atom stereocenters. The van der Waals surface area contributed by atoms with E-state index in [0.29, 0.717) is 12.1 Å². The topological polar surface area (TPSA) is 53.8 Å². The van der Waals surface area contributed by atoms with Crippen LogP contribution in [0, 0.1) is 0 Å². The summed E-state index contributed by atoms with van der Waals surface area (Å²) in [5, 5.41) is 2.05. The van der Waals surface area contributed by atoms with Gasteiger partial charge in [0.25, 0.3) is 5.91 Å². The van der Waals surface area contributed by atoms with Crippen LogP contribution in [0.4, 0.5) is 0 Å². The Kier molecular flexibility index (Phi) is 4.93. The Labute approximate surface area is 139 Å². The first-order valence-electron chi connectivity index (χ1n) is 7.75. The molecule has 0 N–H and O–H groups in total. The third-order valence-electron chi connectivity index (χ3n) is 4.05. The van der Waals surface area contributed by atoms with Gasteiger partial charge >= 0.3 is 0 Å². The van der Waals surface area contributed by atoms with Crippen molar-refractivity contribution in [3.63, 3.8) is 0 Å². The van der Waals surface area contributed by atoms with Gasteiger partial charge in [0, 0.05) is 32.7 Å². The zero-order chi connectivity index (χ0) is 16.2. The van der Waals surface area contributed by atoms with Crippen LogP contribution >= 0.6 is 11.3 Å². The summed E-state index contributed by atoms with van der Waals surface area (Å²) in [5.41, 5.74) is 1.79. The van der Waals surface area contributed by atoms with Gasteiger partial charge in [-0.2, -0.15) is 0 Å². The van der Waals surface area contributed by atoms with Crippen molar-refractivity contribution in [3.05, 3.63) is 46.0 Å². The van der Waals surface area contributed by atoms with E-state index in [0.717, 1.165) is 37.5 Å². The van der Waals surface area contributed by atoms with Gasteiger partial charge in [-0.05, 0) is 36.4 Å². The SMILES string of the molecule is CC(=O)c1cc(CN2CCCN(C(=O)c3ccoc3)CC2)cs1. The molecular formula is C17H20N2O3S. The number of carbonyl (C=O) groups excluding carboxylic acids is 2. The van der Waals surface area contributed by atoms with Crippen LogP contribution in [0.25, 0.3) is 0 Å². The largest absolute Gasteiger partial charge is 0.472 e. The number of rotatable bonds is 4. The van der Waals surface area contributed by atoms with Crippen molar-refractivity contribution in [3.8, 4) is 0 Å². The monoisotopic (exact) mass is 332 g/mol. The molecule has 0 aromatic carbocycles. The third-order valence-corrected chi connectivity index (χ3v) is 5.13. The highest BCUT2D eigenvalue weighted by molar-refractivity contribution is 7.12. The quantitative estimate of drug-likeness (QED) is 0.808. The Morgan fingerprint density at radius 2 is 2.13 bits per heavy atom. The first-order valence-corrected chi connectivity index (χ1v) is 8.63. The smallest absolute Gasteiger partial charge is 0.257 e. The Bertz CT molecular complexity index is 678. The highest BCUT2D eigenvalue weighted by Gasteiger charge is 2.21. The van der Waals surface area contributed by atoms with Crippen molar-refractivity contribution in [1.29, 1.82) is 0 Å². The fraction of sp³-hybridized carbons (Fsp3) is 0.412. The lowest BCUT2D eigenvalue weighted by Crippen LogP contribution is -2.34. The molecule has 3 heterocycles. The van der Waals surface area contributed by atoms with Crippen LogP contribution in [-0.4, -0.2) is 47.7 Å². The molecule has 2 aromatic rings. The minimum atomic E-state index is 0.0370. The Balaban J connectivity index is 1.57. The molecule has 2 aromatic heterocycles. The maximum Gasteiger partial charge on any atom is 0.257 e. The predicted octanol–water partition coefficient (Wildman–Crippen LogP) is 2.89. The highest BCUT2D eigenvalue weighted by Crippen LogP contribution is 2.18. The van der Waals surface area contributed by atoms with Gasteiger partial charge in [-0.15, -0.1) is 11.3 Å². The van der Waals surface area contributed by atoms with Crippen LogP contribution < -0.4 is 0 Å². The lowest BCUT2D eigenvalue weighted by atomic mass is 10.2. The molecule has 3 rings (SSSR count). The van der Waals surface area contributed by atoms with E-state index in [1.807, 2.05) is 11.0 Å². The first-order chi connectivity index (χ1) is 11.1. The zero-order valence-electron chi connectivity index (χ0n) is 13.2. The fourth-order valence-electron chi connectivity index (χ4n) is 2.80. The van der Waals surface area contributed by atoms with Gasteiger partial charge in [0.05, 0.1) is 16.7 Å². The molecule has 122 valence electrons. The summed E-state index contributed by atoms with van der Waals surface area (Å²) in [4.78, 5) is 28.8. The molecule has 5 nitrogen and oxygen atoms in total. The summed E-state index contributed by atoms with van der Waals surface area (Å²) in [6.07, 6.45) is 3.98. The number of Topliss-reactive ketones (excluding diaryl/α,β-unsaturated/α-hetero) is 1. The number of hydrogen-bond acceptors (Lipinski definition) is 5. The van der Waals surface area contributed by atoms with Crippen LogP contribution in [-0.2, 0) is 6.54 Å². The van der Waals surface area contributed by atoms with E-state index in [4.69, 9.17) is 4.42 Å². The second-order valence-electron chi connectivity index (χ2n) is 5.81. The van der Waals surface area contributed by atoms with E-state index < -0.39 is 0 Å². The van der Waals surface area contributed by atoms with Gasteiger partial charge in [0.15, 0.2) is 5.78 Å². The molecule has 0 radical (unpaired) electrons. The summed E-state index contributed by atoms with van der Waals surface area (Å²) < 4.78 is 5.00. The van der Waals surface area contributed by atoms with Crippen molar-refractivity contribution >= 4 is 23.0 Å². The number of ketones is 1. The van der Waals surface area contributed by atoms with Gasteiger partial charge < -0.3 is 9.32 Å². The molecular weight excluding hydrogens is 312 g/mol. The van der Waals surface area contributed by atoms with E-state index in [-0.39, 0.29) is 11.7 Å². The number of carbonyl (C=O) groups is 2. The Morgan fingerprint density at radius 3 is 2.83 bits per heavy atom. The Hall–Kier alpha value is -1.92. The van der Waals surface area contributed by atoms with Gasteiger partial charge in [0.1, 0.15) is 6.26 Å². The molecule has 1 aliphatic rings. The summed E-state index contributed by atoms with van der Waals surface area (Å²) in [6, 6.07) is 3.69. The van der Waals surface area contributed by atoms with Gasteiger partial charge in [-0.25, -0.2) is 0 Å². The van der Waals surface area contributed by atoms with Crippen LogP contribution in [0.5, 0.6) is 0 Å². The molecule has 1 saturated heterocycles. The van der Waals surface area contributed by atoms with Crippen LogP contribution in [0.1, 0.15) is 38.9 Å². The molecule has 0 spiro atoms. The van der Waals surface area contributed by atoms with Crippen molar-refractivity contribution in [2.45, 2.75) is 19.9 Å². The van der Waals surface area contributed by atoms with E-state index in [1.54, 1.807) is 13.0 Å². The number of thiophene rings is 1. The van der Waals surface area contributed by atoms with Crippen LogP contribution in [0.3, 0.4) is 0 Å². The maximum atomic E-state index is 12.4. The predicted molar refractivity (Wildman–Crippen MR) is 88.8 cm³/mol. The van der Waals surface area contributed by atoms with Crippen molar-refractivity contribution in [1.82, 2.24) is 9.80 Å². The molecule has 0 saturated carbocycles. The van der Waals surface area contributed by atoms with E-state index in [9.17, 15) is 9.59 Å². The standard InChI is InChI=1S/C17H20N2O3S/c1-13(20)16-9-14(12-23-16)10-18-4-2-5-19(7-6-18)17(21)15-3-8-22-11-15/h3,8-9,11-12H,2,4-7,10H2,1H3. The minimum Gasteiger partial charge on any atom is -0.472 e. The molecule has 6 heteroatoms. The minimum absolute atomic E-state index is 0.0370. The molecule has 1 fully saturated rings. The molecule has 0 bridgehead atoms. The zero-order valence-corrected chi connectivity index (χ0v) is 14.0. The second kappa shape index (κ2) is 7.10. The molecule has 1 amide bonds. The van der Waals surface area contributed by atoms with Crippen molar-refractivity contribution < 1.29 is 14.0 Å². The third kappa shape index (κ3) is 3.89. The number of amides is 1. The first kappa shape index (κ1) is 16.0. The maximum absolute atomic E-state index is 12.4. The second-order valence-corrected chi connectivity index (χ2v) is 6.72. The number of hydrogen-bond donors (Lipinski definition) is 0. The van der Waals surface area contributed by atoms with E-state index in [1.165, 1.54) is 29.4 Å². The van der Waals surface area contributed by atoms with E-state index >= 15 is 0 Å². The highest BCUT2D eigenvalue weighted by atomic mass is 32.1. The van der Waals surface area contributed by atoms with Gasteiger partial charge in [-0.3, -0.25) is 14.5 Å². The lowest BCUT2D eigenvalue weighted by Gasteiger charge is -2.21. The molecule has 0 aliphatic carbocycles. The molecule has 1 aliphatic heterocycles. The van der Waals surface area contributed by atoms with Crippen molar-refractivity contribution in [2.75, 3.05) is 26.2 Å². The van der Waals surface area contributed by atoms with Gasteiger partial charge in [-0.1, -0.05) is 0 Å². The fourth-order valence-corrected chi connectivity index (χ4v) is 3.61. The normalized spacial score (nSPS) is 16.3. The van der Waals surface area contributed by atoms with Crippen LogP contribution in [0.2, 0.25) is 0 Å². The number of nitrogens with zero attached hydrogens (tertiary/aromatic N) is 2. The molecule has 0 unspecified atom stereocenters. The summed E-state index contributed by atoms with van der Waals surface area (Å²) in [6.45, 7) is 5.71. The average Bonchev–Trinajstić information content (AvgIpc) is 3.16. The lowest BCUT2D eigenvalue weighted by molar-refractivity contribution is 0.0760. The summed E-state index contributed by atoms with van der Waals surface area (Å²) >= 11 is 1.50. The summed E-state index contributed by atoms with van der Waals surface area (Å²) in [5.74, 6) is 0.156. The van der Waals surface area contributed by atoms with Crippen LogP contribution in [0.15, 0.2) is 34.5 Å². The summed E-state index contributed by atoms with van der Waals surface area (Å²) in [7, 11) is 0. The average molecular weight is 332 g/mol. The Morgan fingerprint density at radius 1 is 1.26 bits per heavy atom.